The van der Waals surface area contributed by atoms with Crippen LogP contribution in [0.5, 0.6) is 0 Å². The third-order valence-electron chi connectivity index (χ3n) is 6.18. The maximum atomic E-state index is 13.2. The van der Waals surface area contributed by atoms with Gasteiger partial charge in [0.05, 0.1) is 23.5 Å². The van der Waals surface area contributed by atoms with Crippen LogP contribution in [0.1, 0.15) is 17.8 Å². The van der Waals surface area contributed by atoms with Crippen molar-refractivity contribution in [3.05, 3.63) is 23.5 Å². The minimum Gasteiger partial charge on any atom is -0.366 e. The number of anilines is 1. The zero-order valence-electron chi connectivity index (χ0n) is 19.1. The molecule has 1 saturated carbocycles. The summed E-state index contributed by atoms with van der Waals surface area (Å²) in [6.07, 6.45) is -4.79. The van der Waals surface area contributed by atoms with E-state index in [0.717, 1.165) is 11.1 Å². The van der Waals surface area contributed by atoms with E-state index in [4.69, 9.17) is 0 Å². The molecule has 2 fully saturated rings. The van der Waals surface area contributed by atoms with Gasteiger partial charge in [0.2, 0.25) is 15.0 Å². The molecule has 2 aliphatic rings. The van der Waals surface area contributed by atoms with Crippen molar-refractivity contribution in [1.29, 1.82) is 5.26 Å². The summed E-state index contributed by atoms with van der Waals surface area (Å²) in [6, 6.07) is 3.23. The number of rotatable bonds is 6. The lowest BCUT2D eigenvalue weighted by atomic mass is 10.2. The molecule has 202 valence electrons. The summed E-state index contributed by atoms with van der Waals surface area (Å²) in [7, 11) is -4.27. The minimum atomic E-state index is -4.74. The molecule has 1 aliphatic heterocycles. The highest BCUT2D eigenvalue weighted by Gasteiger charge is 2.47. The van der Waals surface area contributed by atoms with Crippen LogP contribution in [0.2, 0.25) is 0 Å². The number of imidazole rings is 1. The molecule has 3 aromatic heterocycles. The van der Waals surface area contributed by atoms with E-state index in [1.165, 1.54) is 16.7 Å². The van der Waals surface area contributed by atoms with Crippen LogP contribution in [-0.4, -0.2) is 77.0 Å². The largest absolute Gasteiger partial charge is 0.445 e. The minimum absolute atomic E-state index is 0.0611. The number of carbonyl (C=O) groups is 1. The van der Waals surface area contributed by atoms with Crippen LogP contribution in [0.25, 0.3) is 16.3 Å². The number of fused-ring (bicyclic) bond motifs is 1. The van der Waals surface area contributed by atoms with Gasteiger partial charge in [0.15, 0.2) is 10.8 Å². The molecule has 1 N–H and O–H groups in total. The molecule has 0 unspecified atom stereocenters. The number of alkyl halides is 5. The van der Waals surface area contributed by atoms with Gasteiger partial charge in [0.25, 0.3) is 5.91 Å². The fourth-order valence-corrected chi connectivity index (χ4v) is 6.12. The summed E-state index contributed by atoms with van der Waals surface area (Å²) in [5.41, 5.74) is -0.649. The van der Waals surface area contributed by atoms with Gasteiger partial charge >= 0.3 is 12.6 Å². The Morgan fingerprint density at radius 2 is 1.87 bits per heavy atom. The molecule has 0 aromatic carbocycles. The first kappa shape index (κ1) is 26.2. The Bertz CT molecular complexity index is 1550. The summed E-state index contributed by atoms with van der Waals surface area (Å²) >= 11 is 0.230. The van der Waals surface area contributed by atoms with Crippen LogP contribution in [0.15, 0.2) is 23.4 Å². The Balaban J connectivity index is 1.58. The van der Waals surface area contributed by atoms with Crippen LogP contribution in [0, 0.1) is 11.3 Å². The number of sulfonamides is 1. The first-order valence-electron chi connectivity index (χ1n) is 11.0. The summed E-state index contributed by atoms with van der Waals surface area (Å²) in [4.78, 5) is 18.2. The first-order valence-corrected chi connectivity index (χ1v) is 13.3. The Morgan fingerprint density at radius 3 is 2.42 bits per heavy atom. The summed E-state index contributed by atoms with van der Waals surface area (Å²) in [5.74, 6) is -1.41. The molecule has 0 radical (unpaired) electrons. The second kappa shape index (κ2) is 9.10. The SMILES string of the molecule is N#CC1(NS(=O)(=O)c2cc(N3CCN(C(=O)C(F)F)CC3)c3cnc(-c4nnc(C(F)(F)F)s4)n3c2)CC1. The molecular formula is C20H17F5N8O3S2. The summed E-state index contributed by atoms with van der Waals surface area (Å²) in [5, 5.41) is 14.6. The molecule has 1 aliphatic carbocycles. The molecule has 1 saturated heterocycles. The van der Waals surface area contributed by atoms with Gasteiger partial charge in [-0.15, -0.1) is 10.2 Å². The molecule has 11 nitrogen and oxygen atoms in total. The standard InChI is InChI=1S/C20H17F5N8O3S2/c21-14(22)17(34)32-5-3-31(4-6-32)12-7-11(38(35,36)30-19(10-26)1-2-19)9-33-13(12)8-27-15(33)16-28-29-18(37-16)20(23,24)25/h7-9,14,30H,1-6H2. The highest BCUT2D eigenvalue weighted by atomic mass is 32.2. The fourth-order valence-electron chi connectivity index (χ4n) is 4.02. The molecule has 5 rings (SSSR count). The number of nitriles is 1. The van der Waals surface area contributed by atoms with Crippen LogP contribution >= 0.6 is 11.3 Å². The van der Waals surface area contributed by atoms with Gasteiger partial charge in [-0.3, -0.25) is 9.20 Å². The number of aromatic nitrogens is 4. The second-order valence-corrected chi connectivity index (χ2v) is 11.4. The second-order valence-electron chi connectivity index (χ2n) is 8.72. The number of piperazine rings is 1. The van der Waals surface area contributed by atoms with Crippen LogP contribution in [-0.2, 0) is 21.0 Å². The zero-order valence-corrected chi connectivity index (χ0v) is 20.7. The number of carbonyl (C=O) groups excluding carboxylic acids is 1. The lowest BCUT2D eigenvalue weighted by Crippen LogP contribution is -2.50. The van der Waals surface area contributed by atoms with Gasteiger partial charge in [-0.2, -0.15) is 31.9 Å². The number of nitrogens with one attached hydrogen (secondary N) is 1. The average molecular weight is 577 g/mol. The maximum absolute atomic E-state index is 13.2. The van der Waals surface area contributed by atoms with E-state index < -0.39 is 39.1 Å². The normalized spacial score (nSPS) is 17.7. The van der Waals surface area contributed by atoms with Gasteiger partial charge in [-0.1, -0.05) is 11.3 Å². The van der Waals surface area contributed by atoms with Crippen LogP contribution in [0.3, 0.4) is 0 Å². The first-order chi connectivity index (χ1) is 17.8. The predicted molar refractivity (Wildman–Crippen MR) is 122 cm³/mol. The average Bonchev–Trinajstić information content (AvgIpc) is 3.26. The fraction of sp³-hybridized carbons (Fsp3) is 0.450. The lowest BCUT2D eigenvalue weighted by molar-refractivity contribution is -0.143. The Morgan fingerprint density at radius 1 is 1.18 bits per heavy atom. The van der Waals surface area contributed by atoms with Gasteiger partial charge in [-0.05, 0) is 18.9 Å². The topological polar surface area (TPSA) is 137 Å². The molecular weight excluding hydrogens is 559 g/mol. The van der Waals surface area contributed by atoms with Gasteiger partial charge in [-0.25, -0.2) is 13.4 Å². The highest BCUT2D eigenvalue weighted by molar-refractivity contribution is 7.89. The number of pyridine rings is 1. The number of amides is 1. The molecule has 0 atom stereocenters. The van der Waals surface area contributed by atoms with E-state index in [1.54, 1.807) is 4.90 Å². The Kier molecular flexibility index (Phi) is 6.27. The van der Waals surface area contributed by atoms with Crippen molar-refractivity contribution < 1.29 is 35.2 Å². The monoisotopic (exact) mass is 576 g/mol. The van der Waals surface area contributed by atoms with Gasteiger partial charge < -0.3 is 9.80 Å². The molecule has 4 heterocycles. The van der Waals surface area contributed by atoms with Crippen molar-refractivity contribution in [2.75, 3.05) is 31.1 Å². The molecule has 38 heavy (non-hydrogen) atoms. The van der Waals surface area contributed by atoms with Crippen molar-refractivity contribution in [3.63, 3.8) is 0 Å². The van der Waals surface area contributed by atoms with E-state index in [1.807, 2.05) is 6.07 Å². The maximum Gasteiger partial charge on any atom is 0.445 e. The Hall–Kier alpha value is -3.43. The van der Waals surface area contributed by atoms with E-state index >= 15 is 0 Å². The molecule has 1 amide bonds. The van der Waals surface area contributed by atoms with E-state index in [9.17, 15) is 40.4 Å². The number of nitrogens with zero attached hydrogens (tertiary/aromatic N) is 7. The van der Waals surface area contributed by atoms with Crippen molar-refractivity contribution in [1.82, 2.24) is 29.2 Å². The molecule has 18 heteroatoms. The molecule has 0 bridgehead atoms. The quantitative estimate of drug-likeness (QED) is 0.441. The molecule has 3 aromatic rings. The molecule has 0 spiro atoms. The van der Waals surface area contributed by atoms with Gasteiger partial charge in [0.1, 0.15) is 10.4 Å². The van der Waals surface area contributed by atoms with E-state index in [2.05, 4.69) is 19.9 Å². The summed E-state index contributed by atoms with van der Waals surface area (Å²) in [6.45, 7) is 0.0261. The Labute approximate surface area is 215 Å². The predicted octanol–water partition coefficient (Wildman–Crippen LogP) is 2.12. The van der Waals surface area contributed by atoms with Crippen molar-refractivity contribution in [3.8, 4) is 16.9 Å². The highest BCUT2D eigenvalue weighted by Crippen LogP contribution is 2.38. The number of hydrogen-bond acceptors (Lipinski definition) is 9. The van der Waals surface area contributed by atoms with Crippen molar-refractivity contribution in [2.24, 2.45) is 0 Å². The lowest BCUT2D eigenvalue weighted by Gasteiger charge is -2.36. The van der Waals surface area contributed by atoms with Gasteiger partial charge in [0, 0.05) is 32.4 Å². The van der Waals surface area contributed by atoms with E-state index in [-0.39, 0.29) is 58.9 Å². The zero-order chi connectivity index (χ0) is 27.5. The van der Waals surface area contributed by atoms with Crippen LogP contribution in [0.4, 0.5) is 27.6 Å². The number of hydrogen-bond donors (Lipinski definition) is 1. The smallest absolute Gasteiger partial charge is 0.366 e. The van der Waals surface area contributed by atoms with Crippen LogP contribution < -0.4 is 9.62 Å². The van der Waals surface area contributed by atoms with E-state index in [0.29, 0.717) is 18.4 Å². The third kappa shape index (κ3) is 4.76. The third-order valence-corrected chi connectivity index (χ3v) is 8.64. The number of halogens is 5. The summed E-state index contributed by atoms with van der Waals surface area (Å²) < 4.78 is 95.1. The van der Waals surface area contributed by atoms with Crippen molar-refractivity contribution in [2.45, 2.75) is 35.9 Å². The van der Waals surface area contributed by atoms with Crippen molar-refractivity contribution >= 4 is 38.5 Å².